The van der Waals surface area contributed by atoms with Gasteiger partial charge in [-0.05, 0) is 26.2 Å². The fourth-order valence-electron chi connectivity index (χ4n) is 1.88. The second-order valence-electron chi connectivity index (χ2n) is 4.85. The third kappa shape index (κ3) is 4.29. The van der Waals surface area contributed by atoms with Crippen LogP contribution in [0.3, 0.4) is 0 Å². The summed E-state index contributed by atoms with van der Waals surface area (Å²) in [6, 6.07) is -0.381. The number of aliphatic carboxylic acids is 1. The van der Waals surface area contributed by atoms with E-state index in [-0.39, 0.29) is 17.7 Å². The molecule has 1 fully saturated rings. The van der Waals surface area contributed by atoms with Gasteiger partial charge in [0.2, 0.25) is 0 Å². The Hall–Kier alpha value is -1.11. The third-order valence-electron chi connectivity index (χ3n) is 3.30. The Bertz CT molecular complexity index is 355. The summed E-state index contributed by atoms with van der Waals surface area (Å²) in [7, 11) is -0.983. The SMILES string of the molecule is CC(CNC(=O)NC1(CC(=O)O)CCC1)S(C)=O. The lowest BCUT2D eigenvalue weighted by molar-refractivity contribution is -0.139. The van der Waals surface area contributed by atoms with Gasteiger partial charge in [-0.2, -0.15) is 0 Å². The van der Waals surface area contributed by atoms with E-state index in [0.29, 0.717) is 19.4 Å². The van der Waals surface area contributed by atoms with E-state index in [1.54, 1.807) is 13.2 Å². The fourth-order valence-corrected chi connectivity index (χ4v) is 2.20. The molecule has 1 aliphatic rings. The maximum absolute atomic E-state index is 11.6. The minimum absolute atomic E-state index is 0.0460. The van der Waals surface area contributed by atoms with Crippen LogP contribution in [0.15, 0.2) is 0 Å². The first-order valence-corrected chi connectivity index (χ1v) is 7.57. The van der Waals surface area contributed by atoms with Crippen molar-refractivity contribution in [2.45, 2.75) is 43.4 Å². The Morgan fingerprint density at radius 1 is 1.44 bits per heavy atom. The standard InChI is InChI=1S/C11H20N2O4S/c1-8(18(2)17)7-12-10(16)13-11(4-3-5-11)6-9(14)15/h8H,3-7H2,1-2H3,(H,14,15)(H2,12,13,16). The molecule has 1 saturated carbocycles. The highest BCUT2D eigenvalue weighted by atomic mass is 32.2. The van der Waals surface area contributed by atoms with Crippen molar-refractivity contribution in [3.63, 3.8) is 0 Å². The highest BCUT2D eigenvalue weighted by Gasteiger charge is 2.40. The van der Waals surface area contributed by atoms with Gasteiger partial charge in [0.15, 0.2) is 0 Å². The van der Waals surface area contributed by atoms with Crippen molar-refractivity contribution in [3.05, 3.63) is 0 Å². The molecule has 1 aliphatic carbocycles. The number of nitrogens with one attached hydrogen (secondary N) is 2. The zero-order chi connectivity index (χ0) is 13.8. The molecular weight excluding hydrogens is 256 g/mol. The van der Waals surface area contributed by atoms with Gasteiger partial charge in [-0.1, -0.05) is 0 Å². The number of carbonyl (C=O) groups excluding carboxylic acids is 1. The summed E-state index contributed by atoms with van der Waals surface area (Å²) in [6.45, 7) is 2.10. The Morgan fingerprint density at radius 3 is 2.44 bits per heavy atom. The summed E-state index contributed by atoms with van der Waals surface area (Å²) in [4.78, 5) is 22.4. The largest absolute Gasteiger partial charge is 0.481 e. The summed E-state index contributed by atoms with van der Waals surface area (Å²) in [5.41, 5.74) is -0.593. The van der Waals surface area contributed by atoms with Gasteiger partial charge < -0.3 is 15.7 Å². The van der Waals surface area contributed by atoms with Crippen LogP contribution in [0, 0.1) is 0 Å². The second-order valence-corrected chi connectivity index (χ2v) is 6.65. The van der Waals surface area contributed by atoms with E-state index in [1.165, 1.54) is 0 Å². The molecule has 0 spiro atoms. The maximum atomic E-state index is 11.6. The minimum atomic E-state index is -0.983. The Kier molecular flexibility index (Phi) is 5.13. The van der Waals surface area contributed by atoms with E-state index in [2.05, 4.69) is 10.6 Å². The average molecular weight is 276 g/mol. The summed E-state index contributed by atoms with van der Waals surface area (Å²) in [5, 5.41) is 14.0. The molecule has 0 aromatic heterocycles. The van der Waals surface area contributed by atoms with Crippen molar-refractivity contribution in [2.24, 2.45) is 0 Å². The van der Waals surface area contributed by atoms with E-state index in [1.807, 2.05) is 0 Å². The average Bonchev–Trinajstić information content (AvgIpc) is 2.21. The minimum Gasteiger partial charge on any atom is -0.481 e. The lowest BCUT2D eigenvalue weighted by atomic mass is 9.74. The van der Waals surface area contributed by atoms with Gasteiger partial charge in [-0.3, -0.25) is 9.00 Å². The van der Waals surface area contributed by atoms with Crippen LogP contribution in [0.5, 0.6) is 0 Å². The molecule has 0 aliphatic heterocycles. The summed E-state index contributed by atoms with van der Waals surface area (Å²) >= 11 is 0. The first-order valence-electron chi connectivity index (χ1n) is 5.95. The monoisotopic (exact) mass is 276 g/mol. The Balaban J connectivity index is 2.39. The van der Waals surface area contributed by atoms with Crippen molar-refractivity contribution in [2.75, 3.05) is 12.8 Å². The van der Waals surface area contributed by atoms with E-state index in [0.717, 1.165) is 6.42 Å². The molecule has 3 N–H and O–H groups in total. The number of urea groups is 1. The number of carbonyl (C=O) groups is 2. The van der Waals surface area contributed by atoms with E-state index < -0.39 is 22.3 Å². The van der Waals surface area contributed by atoms with Crippen LogP contribution < -0.4 is 10.6 Å². The van der Waals surface area contributed by atoms with Crippen LogP contribution in [0.1, 0.15) is 32.6 Å². The predicted octanol–water partition coefficient (Wildman–Crippen LogP) is 0.450. The molecule has 104 valence electrons. The zero-order valence-corrected chi connectivity index (χ0v) is 11.5. The predicted molar refractivity (Wildman–Crippen MR) is 68.9 cm³/mol. The Morgan fingerprint density at radius 2 is 2.06 bits per heavy atom. The first kappa shape index (κ1) is 14.9. The number of rotatable bonds is 6. The van der Waals surface area contributed by atoms with Crippen molar-refractivity contribution in [3.8, 4) is 0 Å². The van der Waals surface area contributed by atoms with Gasteiger partial charge in [-0.15, -0.1) is 0 Å². The van der Waals surface area contributed by atoms with E-state index in [4.69, 9.17) is 5.11 Å². The topological polar surface area (TPSA) is 95.5 Å². The molecule has 0 aromatic rings. The summed E-state index contributed by atoms with van der Waals surface area (Å²) in [5.74, 6) is -0.905. The van der Waals surface area contributed by atoms with Crippen LogP contribution in [0.2, 0.25) is 0 Å². The number of carboxylic acid groups (broad SMARTS) is 1. The van der Waals surface area contributed by atoms with Crippen LogP contribution in [-0.4, -0.2) is 44.9 Å². The molecule has 0 saturated heterocycles. The fraction of sp³-hybridized carbons (Fsp3) is 0.818. The molecule has 2 unspecified atom stereocenters. The van der Waals surface area contributed by atoms with Crippen molar-refractivity contribution >= 4 is 22.8 Å². The molecule has 2 amide bonds. The summed E-state index contributed by atoms with van der Waals surface area (Å²) in [6.07, 6.45) is 3.87. The lowest BCUT2D eigenvalue weighted by Crippen LogP contribution is -2.57. The smallest absolute Gasteiger partial charge is 0.315 e. The molecule has 2 atom stereocenters. The van der Waals surface area contributed by atoms with Gasteiger partial charge in [0.25, 0.3) is 0 Å². The molecule has 1 rings (SSSR count). The van der Waals surface area contributed by atoms with Crippen molar-refractivity contribution < 1.29 is 18.9 Å². The van der Waals surface area contributed by atoms with Crippen molar-refractivity contribution in [1.29, 1.82) is 0 Å². The number of hydrogen-bond acceptors (Lipinski definition) is 3. The number of hydrogen-bond donors (Lipinski definition) is 3. The third-order valence-corrected chi connectivity index (χ3v) is 4.60. The molecule has 0 heterocycles. The maximum Gasteiger partial charge on any atom is 0.315 e. The molecule has 0 aromatic carbocycles. The molecule has 7 heteroatoms. The highest BCUT2D eigenvalue weighted by molar-refractivity contribution is 7.84. The normalized spacial score (nSPS) is 20.3. The molecular formula is C11H20N2O4S. The van der Waals surface area contributed by atoms with Crippen molar-refractivity contribution in [1.82, 2.24) is 10.6 Å². The zero-order valence-electron chi connectivity index (χ0n) is 10.7. The van der Waals surface area contributed by atoms with E-state index in [9.17, 15) is 13.8 Å². The van der Waals surface area contributed by atoms with Gasteiger partial charge in [0.05, 0.1) is 12.0 Å². The number of amides is 2. The highest BCUT2D eigenvalue weighted by Crippen LogP contribution is 2.34. The second kappa shape index (κ2) is 6.17. The molecule has 6 nitrogen and oxygen atoms in total. The van der Waals surface area contributed by atoms with Gasteiger partial charge in [-0.25, -0.2) is 4.79 Å². The quantitative estimate of drug-likeness (QED) is 0.656. The van der Waals surface area contributed by atoms with Gasteiger partial charge in [0.1, 0.15) is 0 Å². The van der Waals surface area contributed by atoms with Crippen LogP contribution in [-0.2, 0) is 15.6 Å². The van der Waals surface area contributed by atoms with E-state index >= 15 is 0 Å². The molecule has 18 heavy (non-hydrogen) atoms. The Labute approximate surface area is 109 Å². The van der Waals surface area contributed by atoms with Crippen LogP contribution in [0.4, 0.5) is 4.79 Å². The lowest BCUT2D eigenvalue weighted by Gasteiger charge is -2.41. The summed E-state index contributed by atoms with van der Waals surface area (Å²) < 4.78 is 11.1. The molecule has 0 bridgehead atoms. The van der Waals surface area contributed by atoms with Gasteiger partial charge in [0, 0.05) is 28.9 Å². The van der Waals surface area contributed by atoms with Gasteiger partial charge >= 0.3 is 12.0 Å². The van der Waals surface area contributed by atoms with Crippen LogP contribution >= 0.6 is 0 Å². The first-order chi connectivity index (χ1) is 8.34. The molecule has 0 radical (unpaired) electrons. The van der Waals surface area contributed by atoms with Crippen LogP contribution in [0.25, 0.3) is 0 Å². The number of carboxylic acids is 1.